The van der Waals surface area contributed by atoms with E-state index in [0.29, 0.717) is 24.5 Å². The number of alkyl halides is 3. The average molecular weight is 473 g/mol. The van der Waals surface area contributed by atoms with Crippen LogP contribution in [0, 0.1) is 17.8 Å². The molecule has 2 aromatic rings. The lowest BCUT2D eigenvalue weighted by atomic mass is 9.75. The Bertz CT molecular complexity index is 1190. The second kappa shape index (κ2) is 8.47. The number of Topliss-reactive ketones (excluding diaryl/α,β-unsaturated/α-hetero) is 1. The monoisotopic (exact) mass is 473 g/mol. The number of carbonyl (C=O) groups excluding carboxylic acids is 2. The maximum Gasteiger partial charge on any atom is 0.435 e. The first-order chi connectivity index (χ1) is 15.9. The standard InChI is InChI=1S/C24H26F3N5O2/c1-4-8-31-9-7-14(13-31)29-17-10-15(5-6-16(17)22(28)34)32-18-11-23(2,3)12-19(33)20(18)21(30-32)24(25,26)27/h1,5-6,10,14,29H,7-9,11-13H2,2-3H3,(H2,28,34)/t14-/m0/s1. The number of likely N-dealkylation sites (tertiary alicyclic amines) is 1. The molecule has 0 unspecified atom stereocenters. The number of hydrogen-bond acceptors (Lipinski definition) is 5. The van der Waals surface area contributed by atoms with Crippen molar-refractivity contribution < 1.29 is 22.8 Å². The average Bonchev–Trinajstić information content (AvgIpc) is 3.31. The number of aromatic nitrogens is 2. The van der Waals surface area contributed by atoms with Crippen molar-refractivity contribution in [1.29, 1.82) is 0 Å². The van der Waals surface area contributed by atoms with Crippen LogP contribution in [0.15, 0.2) is 18.2 Å². The van der Waals surface area contributed by atoms with Gasteiger partial charge in [0.1, 0.15) is 0 Å². The van der Waals surface area contributed by atoms with Gasteiger partial charge in [-0.15, -0.1) is 6.42 Å². The molecule has 1 aromatic heterocycles. The van der Waals surface area contributed by atoms with Gasteiger partial charge in [-0.25, -0.2) is 4.68 Å². The van der Waals surface area contributed by atoms with E-state index in [0.717, 1.165) is 13.0 Å². The molecule has 10 heteroatoms. The van der Waals surface area contributed by atoms with Crippen LogP contribution in [-0.4, -0.2) is 52.0 Å². The van der Waals surface area contributed by atoms with E-state index in [9.17, 15) is 22.8 Å². The number of terminal acetylenes is 1. The highest BCUT2D eigenvalue weighted by Crippen LogP contribution is 2.42. The number of amides is 1. The van der Waals surface area contributed by atoms with Gasteiger partial charge in [0.2, 0.25) is 0 Å². The molecule has 0 radical (unpaired) electrons. The van der Waals surface area contributed by atoms with Crippen molar-refractivity contribution in [3.05, 3.63) is 40.7 Å². The number of fused-ring (bicyclic) bond motifs is 1. The number of primary amides is 1. The third-order valence-electron chi connectivity index (χ3n) is 6.27. The fraction of sp³-hybridized carbons (Fsp3) is 0.458. The zero-order valence-electron chi connectivity index (χ0n) is 19.0. The van der Waals surface area contributed by atoms with Crippen LogP contribution in [-0.2, 0) is 12.6 Å². The first-order valence-corrected chi connectivity index (χ1v) is 11.0. The minimum absolute atomic E-state index is 0.0119. The fourth-order valence-electron chi connectivity index (χ4n) is 4.80. The Morgan fingerprint density at radius 3 is 2.74 bits per heavy atom. The number of nitrogens with zero attached hydrogens (tertiary/aromatic N) is 3. The molecule has 180 valence electrons. The number of halogens is 3. The molecule has 34 heavy (non-hydrogen) atoms. The number of benzene rings is 1. The van der Waals surface area contributed by atoms with Crippen molar-refractivity contribution in [2.75, 3.05) is 25.0 Å². The minimum atomic E-state index is -4.77. The van der Waals surface area contributed by atoms with Crippen LogP contribution < -0.4 is 11.1 Å². The number of nitrogens with one attached hydrogen (secondary N) is 1. The molecule has 1 saturated heterocycles. The number of hydrogen-bond donors (Lipinski definition) is 2. The highest BCUT2D eigenvalue weighted by Gasteiger charge is 2.45. The van der Waals surface area contributed by atoms with Crippen LogP contribution in [0.1, 0.15) is 58.8 Å². The predicted molar refractivity (Wildman–Crippen MR) is 121 cm³/mol. The summed E-state index contributed by atoms with van der Waals surface area (Å²) < 4.78 is 42.5. The summed E-state index contributed by atoms with van der Waals surface area (Å²) >= 11 is 0. The molecular formula is C24H26F3N5O2. The maximum absolute atomic E-state index is 13.8. The van der Waals surface area contributed by atoms with E-state index in [4.69, 9.17) is 12.2 Å². The molecule has 1 aliphatic carbocycles. The highest BCUT2D eigenvalue weighted by molar-refractivity contribution is 6.00. The predicted octanol–water partition coefficient (Wildman–Crippen LogP) is 3.26. The number of nitrogens with two attached hydrogens (primary N) is 1. The lowest BCUT2D eigenvalue weighted by Gasteiger charge is -2.29. The quantitative estimate of drug-likeness (QED) is 0.651. The Labute approximate surface area is 195 Å². The van der Waals surface area contributed by atoms with Gasteiger partial charge >= 0.3 is 6.18 Å². The number of anilines is 1. The van der Waals surface area contributed by atoms with Crippen molar-refractivity contribution in [3.63, 3.8) is 0 Å². The second-order valence-electron chi connectivity index (χ2n) is 9.68. The van der Waals surface area contributed by atoms with Crippen molar-refractivity contribution in [2.45, 2.75) is 45.3 Å². The molecule has 2 heterocycles. The van der Waals surface area contributed by atoms with Crippen LogP contribution in [0.3, 0.4) is 0 Å². The van der Waals surface area contributed by atoms with Crippen LogP contribution in [0.2, 0.25) is 0 Å². The summed E-state index contributed by atoms with van der Waals surface area (Å²) in [6, 6.07) is 4.50. The first kappa shape index (κ1) is 23.8. The van der Waals surface area contributed by atoms with Crippen LogP contribution >= 0.6 is 0 Å². The molecule has 2 aliphatic rings. The molecule has 1 fully saturated rings. The van der Waals surface area contributed by atoms with Gasteiger partial charge in [-0.05, 0) is 36.5 Å². The summed E-state index contributed by atoms with van der Waals surface area (Å²) in [4.78, 5) is 26.8. The van der Waals surface area contributed by atoms with Gasteiger partial charge < -0.3 is 11.1 Å². The van der Waals surface area contributed by atoms with Crippen LogP contribution in [0.5, 0.6) is 0 Å². The molecule has 0 bridgehead atoms. The van der Waals surface area contributed by atoms with Gasteiger partial charge in [0.25, 0.3) is 5.91 Å². The third kappa shape index (κ3) is 4.53. The number of carbonyl (C=O) groups is 2. The summed E-state index contributed by atoms with van der Waals surface area (Å²) in [6.07, 6.45) is 1.65. The molecule has 3 N–H and O–H groups in total. The first-order valence-electron chi connectivity index (χ1n) is 11.0. The van der Waals surface area contributed by atoms with E-state index in [-0.39, 0.29) is 35.7 Å². The summed E-state index contributed by atoms with van der Waals surface area (Å²) in [5, 5.41) is 7.12. The Morgan fingerprint density at radius 2 is 2.09 bits per heavy atom. The Kier molecular flexibility index (Phi) is 5.94. The van der Waals surface area contributed by atoms with Gasteiger partial charge in [0.05, 0.1) is 29.1 Å². The smallest absolute Gasteiger partial charge is 0.380 e. The Morgan fingerprint density at radius 1 is 1.35 bits per heavy atom. The molecule has 1 amide bonds. The van der Waals surface area contributed by atoms with Crippen LogP contribution in [0.4, 0.5) is 18.9 Å². The zero-order valence-corrected chi connectivity index (χ0v) is 19.0. The maximum atomic E-state index is 13.8. The lowest BCUT2D eigenvalue weighted by Crippen LogP contribution is -2.29. The van der Waals surface area contributed by atoms with Gasteiger partial charge in [-0.2, -0.15) is 18.3 Å². The Balaban J connectivity index is 1.78. The minimum Gasteiger partial charge on any atom is -0.380 e. The Hall–Kier alpha value is -3.32. The highest BCUT2D eigenvalue weighted by atomic mass is 19.4. The van der Waals surface area contributed by atoms with Gasteiger partial charge in [-0.3, -0.25) is 14.5 Å². The summed E-state index contributed by atoms with van der Waals surface area (Å²) in [5.41, 5.74) is 4.62. The number of ketones is 1. The lowest BCUT2D eigenvalue weighted by molar-refractivity contribution is -0.141. The largest absolute Gasteiger partial charge is 0.435 e. The van der Waals surface area contributed by atoms with Gasteiger partial charge in [0, 0.05) is 31.2 Å². The van der Waals surface area contributed by atoms with E-state index < -0.39 is 29.0 Å². The molecule has 0 saturated carbocycles. The molecule has 1 aliphatic heterocycles. The van der Waals surface area contributed by atoms with Gasteiger partial charge in [-0.1, -0.05) is 19.8 Å². The van der Waals surface area contributed by atoms with Crippen molar-refractivity contribution in [1.82, 2.24) is 14.7 Å². The summed E-state index contributed by atoms with van der Waals surface area (Å²) in [7, 11) is 0. The molecule has 7 nitrogen and oxygen atoms in total. The van der Waals surface area contributed by atoms with Crippen LogP contribution in [0.25, 0.3) is 5.69 Å². The summed E-state index contributed by atoms with van der Waals surface area (Å²) in [6.45, 7) is 5.62. The van der Waals surface area contributed by atoms with Crippen molar-refractivity contribution in [2.24, 2.45) is 11.1 Å². The molecule has 0 spiro atoms. The number of rotatable bonds is 5. The summed E-state index contributed by atoms with van der Waals surface area (Å²) in [5.74, 6) is 1.36. The van der Waals surface area contributed by atoms with E-state index >= 15 is 0 Å². The zero-order chi connectivity index (χ0) is 24.8. The third-order valence-corrected chi connectivity index (χ3v) is 6.27. The van der Waals surface area contributed by atoms with E-state index in [2.05, 4.69) is 21.2 Å². The van der Waals surface area contributed by atoms with Crippen molar-refractivity contribution in [3.8, 4) is 18.0 Å². The SMILES string of the molecule is C#CCN1CC[C@H](Nc2cc(-n3nc(C(F)(F)F)c4c3CC(C)(C)CC4=O)ccc2C(N)=O)C1. The van der Waals surface area contributed by atoms with Crippen molar-refractivity contribution >= 4 is 17.4 Å². The van der Waals surface area contributed by atoms with E-state index in [1.54, 1.807) is 6.07 Å². The van der Waals surface area contributed by atoms with E-state index in [1.165, 1.54) is 16.8 Å². The van der Waals surface area contributed by atoms with E-state index in [1.807, 2.05) is 13.8 Å². The van der Waals surface area contributed by atoms with Gasteiger partial charge in [0.15, 0.2) is 11.5 Å². The topological polar surface area (TPSA) is 93.2 Å². The molecule has 1 aromatic carbocycles. The molecular weight excluding hydrogens is 447 g/mol. The fourth-order valence-corrected chi connectivity index (χ4v) is 4.80. The molecule has 1 atom stereocenters. The molecule has 4 rings (SSSR count). The second-order valence-corrected chi connectivity index (χ2v) is 9.68. The normalized spacial score (nSPS) is 20.1.